The van der Waals surface area contributed by atoms with Crippen molar-refractivity contribution in [3.8, 4) is 5.75 Å². The van der Waals surface area contributed by atoms with Gasteiger partial charge in [0.1, 0.15) is 12.4 Å². The van der Waals surface area contributed by atoms with Gasteiger partial charge in [-0.1, -0.05) is 37.5 Å². The smallest absolute Gasteiger partial charge is 0.119 e. The standard InChI is InChI=1S/C8H19N3.C8H11NO.C7H16N2.C6H16N2O2.C6H15NO.C5H13NO.C4H10N2.C4H11NO.2C3H9NO2.C3H9NO/c1-10-5-7-11(8-6-10)4-2-3-9;9-6-7-10-8-4-2-1-3-5-8;8-4-7-9-5-2-1-3-6-9;7-1-2-8(3-5-9)4-6-10;7-5-3-1-2-4-6-8;6-4-2-1-3-5-7;1-2-6-4-3-5-1;5-3-1-2-4-6;4-3(1-5)2-6;4-1-3(6)2-5;4-2-1-3-5/h2-9H2,1H3;1-5H,6-7,9H2;1-8H2;9-10H,1-7H2;8H,1-7H2;7H,1-6H2;5-6H,1-4H2;6H,1-5H2;2*3,5-6H,1-2,4H2;5H,1-4H2. The quantitative estimate of drug-likeness (QED) is 0.0300. The van der Waals surface area contributed by atoms with E-state index in [1.165, 1.54) is 65.1 Å². The number of para-hydroxylation sites is 1. The number of rotatable bonds is 32. The number of likely N-dealkylation sites (N-methyl/N-ethyl adjacent to an activating group) is 1. The minimum atomic E-state index is -0.731. The van der Waals surface area contributed by atoms with Crippen LogP contribution in [0, 0.1) is 0 Å². The van der Waals surface area contributed by atoms with Crippen molar-refractivity contribution < 1.29 is 55.8 Å². The van der Waals surface area contributed by atoms with Crippen molar-refractivity contribution in [2.24, 2.45) is 57.3 Å². The topological polar surface area (TPSA) is 509 Å². The average Bonchev–Trinajstić information content (AvgIpc) is 3.54. The molecule has 3 saturated heterocycles. The van der Waals surface area contributed by atoms with Crippen molar-refractivity contribution in [1.29, 1.82) is 0 Å². The summed E-state index contributed by atoms with van der Waals surface area (Å²) in [4.78, 5) is 9.23. The SMILES string of the molecule is C1CNCCN1.CN1CCN(CCCN)CC1.NC(CO)CO.NCC(O)CO.NCCCCCCO.NCCCCCO.NCCCCO.NCCCO.NCCN(CCO)CCO.NCCN1CCCCC1.NCCOc1ccccc1. The first kappa shape index (κ1) is 95.6. The van der Waals surface area contributed by atoms with Crippen LogP contribution in [0.4, 0.5) is 0 Å². The number of nitrogens with two attached hydrogens (primary N) is 10. The van der Waals surface area contributed by atoms with Gasteiger partial charge < -0.3 is 138 Å². The summed E-state index contributed by atoms with van der Waals surface area (Å²) in [6.45, 7) is 23.4. The fraction of sp³-hybridized carbons (Fsp3) is 0.895. The highest BCUT2D eigenvalue weighted by atomic mass is 16.5. The molecule has 3 fully saturated rings. The zero-order valence-electron chi connectivity index (χ0n) is 52.9. The largest absolute Gasteiger partial charge is 0.492 e. The van der Waals surface area contributed by atoms with Gasteiger partial charge in [-0.3, -0.25) is 4.90 Å². The van der Waals surface area contributed by atoms with Crippen molar-refractivity contribution in [2.75, 3.05) is 230 Å². The molecule has 0 bridgehead atoms. The number of likely N-dealkylation sites (tertiary alicyclic amines) is 1. The number of piperidine rings is 1. The lowest BCUT2D eigenvalue weighted by Gasteiger charge is -2.32. The molecule has 1 atom stereocenters. The van der Waals surface area contributed by atoms with Gasteiger partial charge in [-0.05, 0) is 142 Å². The van der Waals surface area contributed by atoms with Crippen molar-refractivity contribution in [2.45, 2.75) is 102 Å². The van der Waals surface area contributed by atoms with E-state index in [-0.39, 0.29) is 52.8 Å². The third-order valence-electron chi connectivity index (χ3n) is 11.4. The van der Waals surface area contributed by atoms with E-state index in [9.17, 15) is 0 Å². The summed E-state index contributed by atoms with van der Waals surface area (Å²) in [6.07, 6.45) is 14.4. The van der Waals surface area contributed by atoms with Gasteiger partial charge in [0, 0.05) is 131 Å². The second-order valence-electron chi connectivity index (χ2n) is 19.3. The van der Waals surface area contributed by atoms with Crippen molar-refractivity contribution in [3.05, 3.63) is 30.3 Å². The number of benzene rings is 1. The molecule has 4 rings (SSSR count). The Kier molecular flexibility index (Phi) is 105. The van der Waals surface area contributed by atoms with Crippen LogP contribution in [0.25, 0.3) is 0 Å². The van der Waals surface area contributed by atoms with Gasteiger partial charge in [-0.25, -0.2) is 0 Å². The summed E-state index contributed by atoms with van der Waals surface area (Å²) in [5.74, 6) is 0.882. The second-order valence-corrected chi connectivity index (χ2v) is 19.3. The molecule has 27 nitrogen and oxygen atoms in total. The Labute approximate surface area is 510 Å². The molecule has 3 heterocycles. The van der Waals surface area contributed by atoms with Crippen molar-refractivity contribution in [3.63, 3.8) is 0 Å². The fourth-order valence-electron chi connectivity index (χ4n) is 6.37. The zero-order chi connectivity index (χ0) is 64.6. The average molecular weight is 1220 g/mol. The molecule has 0 aliphatic carbocycles. The number of aliphatic hydroxyl groups excluding tert-OH is 10. The summed E-state index contributed by atoms with van der Waals surface area (Å²) in [5, 5.41) is 88.6. The molecule has 512 valence electrons. The lowest BCUT2D eigenvalue weighted by molar-refractivity contribution is 0.102. The molecule has 0 radical (unpaired) electrons. The zero-order valence-corrected chi connectivity index (χ0v) is 52.9. The van der Waals surface area contributed by atoms with E-state index in [0.29, 0.717) is 59.1 Å². The van der Waals surface area contributed by atoms with Crippen LogP contribution in [0.2, 0.25) is 0 Å². The summed E-state index contributed by atoms with van der Waals surface area (Å²) in [5.41, 5.74) is 51.8. The van der Waals surface area contributed by atoms with Gasteiger partial charge in [-0.2, -0.15) is 0 Å². The number of ether oxygens (including phenoxy) is 1. The molecule has 3 aliphatic heterocycles. The highest BCUT2D eigenvalue weighted by molar-refractivity contribution is 5.20. The first-order valence-electron chi connectivity index (χ1n) is 31.0. The van der Waals surface area contributed by atoms with E-state index in [2.05, 4.69) is 32.4 Å². The molecule has 1 unspecified atom stereocenters. The van der Waals surface area contributed by atoms with E-state index in [1.807, 2.05) is 35.2 Å². The third kappa shape index (κ3) is 96.3. The first-order valence-corrected chi connectivity index (χ1v) is 31.0. The molecule has 3 aliphatic rings. The third-order valence-corrected chi connectivity index (χ3v) is 11.4. The van der Waals surface area contributed by atoms with E-state index in [1.54, 1.807) is 0 Å². The van der Waals surface area contributed by atoms with Crippen molar-refractivity contribution >= 4 is 0 Å². The number of piperazine rings is 2. The van der Waals surface area contributed by atoms with Gasteiger partial charge in [0.25, 0.3) is 0 Å². The van der Waals surface area contributed by atoms with Crippen LogP contribution in [0.5, 0.6) is 5.75 Å². The van der Waals surface area contributed by atoms with Crippen LogP contribution >= 0.6 is 0 Å². The van der Waals surface area contributed by atoms with Gasteiger partial charge in [-0.15, -0.1) is 0 Å². The maximum absolute atomic E-state index is 8.53. The molecule has 0 amide bonds. The minimum absolute atomic E-state index is 0.125. The molecule has 0 spiro atoms. The summed E-state index contributed by atoms with van der Waals surface area (Å²) in [7, 11) is 2.18. The maximum atomic E-state index is 8.53. The van der Waals surface area contributed by atoms with E-state index >= 15 is 0 Å². The molecule has 27 heteroatoms. The maximum Gasteiger partial charge on any atom is 0.119 e. The van der Waals surface area contributed by atoms with Gasteiger partial charge in [0.2, 0.25) is 0 Å². The lowest BCUT2D eigenvalue weighted by atomic mass is 10.1. The van der Waals surface area contributed by atoms with E-state index in [4.69, 9.17) is 113 Å². The van der Waals surface area contributed by atoms with Crippen LogP contribution in [-0.2, 0) is 0 Å². The number of nitrogens with zero attached hydrogens (tertiary/aromatic N) is 4. The Balaban J connectivity index is -0.000000157. The molecule has 0 aromatic heterocycles. The Morgan fingerprint density at radius 3 is 1.20 bits per heavy atom. The molecule has 0 saturated carbocycles. The highest BCUT2D eigenvalue weighted by Crippen LogP contribution is 2.08. The summed E-state index contributed by atoms with van der Waals surface area (Å²) in [6, 6.07) is 9.20. The Morgan fingerprint density at radius 1 is 0.452 bits per heavy atom. The monoisotopic (exact) mass is 1220 g/mol. The molecular formula is C57H138N16O11. The van der Waals surface area contributed by atoms with Gasteiger partial charge >= 0.3 is 0 Å². The lowest BCUT2D eigenvalue weighted by Crippen LogP contribution is -2.44. The second kappa shape index (κ2) is 92.1. The van der Waals surface area contributed by atoms with Crippen LogP contribution in [-0.4, -0.2) is 313 Å². The van der Waals surface area contributed by atoms with E-state index < -0.39 is 12.1 Å². The van der Waals surface area contributed by atoms with Crippen LogP contribution < -0.4 is 72.7 Å². The Hall–Kier alpha value is -2.02. The predicted octanol–water partition coefficient (Wildman–Crippen LogP) is -5.30. The molecule has 1 aromatic carbocycles. The molecule has 32 N–H and O–H groups in total. The minimum Gasteiger partial charge on any atom is -0.492 e. The van der Waals surface area contributed by atoms with Gasteiger partial charge in [0.05, 0.1) is 45.2 Å². The number of hydrogen-bond donors (Lipinski definition) is 22. The number of hydrogen-bond acceptors (Lipinski definition) is 27. The summed E-state index contributed by atoms with van der Waals surface area (Å²) >= 11 is 0. The number of nitrogens with one attached hydrogen (secondary N) is 2. The Bertz CT molecular complexity index is 1120. The normalized spacial score (nSPS) is 14.0. The predicted molar refractivity (Wildman–Crippen MR) is 348 cm³/mol. The summed E-state index contributed by atoms with van der Waals surface area (Å²) < 4.78 is 5.23. The molecule has 1 aromatic rings. The Morgan fingerprint density at radius 2 is 0.881 bits per heavy atom. The van der Waals surface area contributed by atoms with E-state index in [0.717, 1.165) is 142 Å². The highest BCUT2D eigenvalue weighted by Gasteiger charge is 2.12. The van der Waals surface area contributed by atoms with Gasteiger partial charge in [0.15, 0.2) is 0 Å². The molecular weight excluding hydrogens is 1080 g/mol. The van der Waals surface area contributed by atoms with Crippen LogP contribution in [0.15, 0.2) is 30.3 Å². The van der Waals surface area contributed by atoms with Crippen LogP contribution in [0.1, 0.15) is 89.9 Å². The fourth-order valence-corrected chi connectivity index (χ4v) is 6.37. The number of unbranched alkanes of at least 4 members (excludes halogenated alkanes) is 6. The number of aliphatic hydroxyl groups is 10. The van der Waals surface area contributed by atoms with Crippen molar-refractivity contribution in [1.82, 2.24) is 30.2 Å². The van der Waals surface area contributed by atoms with Crippen LogP contribution in [0.3, 0.4) is 0 Å². The first-order chi connectivity index (χ1) is 40.8. The molecule has 84 heavy (non-hydrogen) atoms.